The lowest BCUT2D eigenvalue weighted by Gasteiger charge is -2.21. The number of nitro benzene ring substituents is 1. The number of aromatic nitrogens is 2. The smallest absolute Gasteiger partial charge is 0.332 e. The molecule has 0 spiro atoms. The summed E-state index contributed by atoms with van der Waals surface area (Å²) in [5.74, 6) is 0.509. The summed E-state index contributed by atoms with van der Waals surface area (Å²) >= 11 is 0. The van der Waals surface area contributed by atoms with Gasteiger partial charge in [-0.25, -0.2) is 4.79 Å². The van der Waals surface area contributed by atoms with Gasteiger partial charge in [-0.05, 0) is 31.5 Å². The highest BCUT2D eigenvalue weighted by Crippen LogP contribution is 2.13. The van der Waals surface area contributed by atoms with Crippen LogP contribution in [0.1, 0.15) is 18.9 Å². The van der Waals surface area contributed by atoms with Crippen LogP contribution in [0.3, 0.4) is 0 Å². The number of halogens is 1. The van der Waals surface area contributed by atoms with Crippen LogP contribution in [0.2, 0.25) is 0 Å². The summed E-state index contributed by atoms with van der Waals surface area (Å²) in [5, 5.41) is 13.8. The molecule has 0 amide bonds. The normalized spacial score (nSPS) is 10.6. The molecule has 1 aromatic heterocycles. The average molecular weight is 426 g/mol. The minimum Gasteiger partial charge on any atom is -0.370 e. The maximum Gasteiger partial charge on any atom is 0.332 e. The number of rotatable bonds is 10. The van der Waals surface area contributed by atoms with Crippen molar-refractivity contribution >= 4 is 23.9 Å². The highest BCUT2D eigenvalue weighted by Gasteiger charge is 2.08. The third kappa shape index (κ3) is 6.72. The van der Waals surface area contributed by atoms with Crippen molar-refractivity contribution in [3.63, 3.8) is 0 Å². The molecule has 10 heteroatoms. The van der Waals surface area contributed by atoms with Crippen LogP contribution in [0.4, 0.5) is 11.5 Å². The molecule has 2 aromatic rings. The zero-order valence-corrected chi connectivity index (χ0v) is 17.8. The van der Waals surface area contributed by atoms with Crippen molar-refractivity contribution in [1.82, 2.24) is 14.0 Å². The van der Waals surface area contributed by atoms with E-state index in [-0.39, 0.29) is 29.3 Å². The lowest BCUT2D eigenvalue weighted by Crippen LogP contribution is -2.38. The molecule has 160 valence electrons. The maximum atomic E-state index is 11.9. The molecular weight excluding hydrogens is 398 g/mol. The number of nitrogens with zero attached hydrogens (tertiary/aromatic N) is 4. The quantitative estimate of drug-likeness (QED) is 0.459. The Morgan fingerprint density at radius 3 is 2.34 bits per heavy atom. The number of benzene rings is 1. The first-order valence-corrected chi connectivity index (χ1v) is 9.30. The van der Waals surface area contributed by atoms with Crippen molar-refractivity contribution in [3.8, 4) is 0 Å². The average Bonchev–Trinajstić information content (AvgIpc) is 2.69. The molecule has 0 aliphatic rings. The molecule has 1 N–H and O–H groups in total. The SMILES string of the molecule is CCN(CCCc1ccc([N+](=O)[O-])cc1)CCNc1cc(=O)n(C)c(=O)n1C.Cl. The fraction of sp³-hybridized carbons (Fsp3) is 0.474. The molecule has 0 radical (unpaired) electrons. The second-order valence-electron chi connectivity index (χ2n) is 6.66. The van der Waals surface area contributed by atoms with Crippen LogP contribution in [-0.4, -0.2) is 45.1 Å². The van der Waals surface area contributed by atoms with Crippen LogP contribution in [0.5, 0.6) is 0 Å². The highest BCUT2D eigenvalue weighted by atomic mass is 35.5. The van der Waals surface area contributed by atoms with Gasteiger partial charge >= 0.3 is 5.69 Å². The first kappa shape index (κ1) is 24.4. The number of anilines is 1. The third-order valence-corrected chi connectivity index (χ3v) is 4.79. The highest BCUT2D eigenvalue weighted by molar-refractivity contribution is 5.85. The van der Waals surface area contributed by atoms with Crippen molar-refractivity contribution in [1.29, 1.82) is 0 Å². The van der Waals surface area contributed by atoms with E-state index in [0.717, 1.165) is 42.6 Å². The molecular formula is C19H28ClN5O4. The van der Waals surface area contributed by atoms with E-state index in [9.17, 15) is 19.7 Å². The molecule has 29 heavy (non-hydrogen) atoms. The number of aryl methyl sites for hydroxylation is 1. The summed E-state index contributed by atoms with van der Waals surface area (Å²) < 4.78 is 2.49. The maximum absolute atomic E-state index is 11.9. The fourth-order valence-electron chi connectivity index (χ4n) is 2.96. The van der Waals surface area contributed by atoms with Crippen molar-refractivity contribution in [2.24, 2.45) is 14.1 Å². The Bertz CT molecular complexity index is 924. The second-order valence-corrected chi connectivity index (χ2v) is 6.66. The van der Waals surface area contributed by atoms with Gasteiger partial charge in [0.1, 0.15) is 5.82 Å². The standard InChI is InChI=1S/C19H27N5O4.ClH/c1-4-23(12-5-6-15-7-9-16(10-8-15)24(27)28)13-11-20-17-14-18(25)22(3)19(26)21(17)2;/h7-10,14,20H,4-6,11-13H2,1-3H3;1H. The first-order chi connectivity index (χ1) is 13.3. The van der Waals surface area contributed by atoms with Crippen molar-refractivity contribution in [2.45, 2.75) is 19.8 Å². The van der Waals surface area contributed by atoms with Gasteiger partial charge in [0.15, 0.2) is 0 Å². The third-order valence-electron chi connectivity index (χ3n) is 4.79. The van der Waals surface area contributed by atoms with Gasteiger partial charge in [-0.3, -0.25) is 24.0 Å². The minimum absolute atomic E-state index is 0. The molecule has 1 heterocycles. The summed E-state index contributed by atoms with van der Waals surface area (Å²) in [7, 11) is 3.09. The number of non-ortho nitro benzene ring substituents is 1. The molecule has 1 aromatic carbocycles. The number of hydrogen-bond donors (Lipinski definition) is 1. The summed E-state index contributed by atoms with van der Waals surface area (Å²) in [6, 6.07) is 8.08. The van der Waals surface area contributed by atoms with Gasteiger partial charge in [-0.15, -0.1) is 12.4 Å². The summed E-state index contributed by atoms with van der Waals surface area (Å²) in [6.07, 6.45) is 1.79. The largest absolute Gasteiger partial charge is 0.370 e. The van der Waals surface area contributed by atoms with Crippen molar-refractivity contribution in [3.05, 3.63) is 66.8 Å². The van der Waals surface area contributed by atoms with E-state index >= 15 is 0 Å². The lowest BCUT2D eigenvalue weighted by molar-refractivity contribution is -0.384. The van der Waals surface area contributed by atoms with Crippen LogP contribution < -0.4 is 16.6 Å². The van der Waals surface area contributed by atoms with E-state index in [1.165, 1.54) is 29.8 Å². The zero-order chi connectivity index (χ0) is 20.7. The van der Waals surface area contributed by atoms with E-state index in [0.29, 0.717) is 12.4 Å². The van der Waals surface area contributed by atoms with Crippen LogP contribution in [-0.2, 0) is 20.5 Å². The van der Waals surface area contributed by atoms with Crippen molar-refractivity contribution < 1.29 is 4.92 Å². The number of nitrogens with one attached hydrogen (secondary N) is 1. The summed E-state index contributed by atoms with van der Waals surface area (Å²) in [6.45, 7) is 5.26. The van der Waals surface area contributed by atoms with E-state index < -0.39 is 4.92 Å². The molecule has 0 saturated heterocycles. The van der Waals surface area contributed by atoms with Gasteiger partial charge in [-0.1, -0.05) is 19.1 Å². The molecule has 0 saturated carbocycles. The predicted molar refractivity (Wildman–Crippen MR) is 116 cm³/mol. The molecule has 0 atom stereocenters. The van der Waals surface area contributed by atoms with Gasteiger partial charge in [0.05, 0.1) is 4.92 Å². The monoisotopic (exact) mass is 425 g/mol. The van der Waals surface area contributed by atoms with Gasteiger partial charge in [0, 0.05) is 45.4 Å². The topological polar surface area (TPSA) is 102 Å². The Hall–Kier alpha value is -2.65. The molecule has 0 unspecified atom stereocenters. The Morgan fingerprint density at radius 2 is 1.76 bits per heavy atom. The van der Waals surface area contributed by atoms with Gasteiger partial charge in [0.2, 0.25) is 0 Å². The number of likely N-dealkylation sites (N-methyl/N-ethyl adjacent to an activating group) is 1. The van der Waals surface area contributed by atoms with Crippen molar-refractivity contribution in [2.75, 3.05) is 31.5 Å². The molecule has 9 nitrogen and oxygen atoms in total. The van der Waals surface area contributed by atoms with Crippen LogP contribution in [0.15, 0.2) is 39.9 Å². The lowest BCUT2D eigenvalue weighted by atomic mass is 10.1. The fourth-order valence-corrected chi connectivity index (χ4v) is 2.96. The molecule has 0 bridgehead atoms. The summed E-state index contributed by atoms with van der Waals surface area (Å²) in [4.78, 5) is 36.3. The van der Waals surface area contributed by atoms with E-state index in [1.54, 1.807) is 19.2 Å². The Labute approximate surface area is 175 Å². The van der Waals surface area contributed by atoms with E-state index in [4.69, 9.17) is 0 Å². The number of nitro groups is 1. The Kier molecular flexibility index (Phi) is 9.57. The molecule has 0 fully saturated rings. The number of hydrogen-bond acceptors (Lipinski definition) is 6. The van der Waals surface area contributed by atoms with E-state index in [1.807, 2.05) is 0 Å². The first-order valence-electron chi connectivity index (χ1n) is 9.30. The van der Waals surface area contributed by atoms with Crippen LogP contribution in [0.25, 0.3) is 0 Å². The van der Waals surface area contributed by atoms with Crippen LogP contribution in [0, 0.1) is 10.1 Å². The van der Waals surface area contributed by atoms with Gasteiger partial charge in [-0.2, -0.15) is 0 Å². The Morgan fingerprint density at radius 1 is 1.10 bits per heavy atom. The zero-order valence-electron chi connectivity index (χ0n) is 17.0. The Balaban J connectivity index is 0.00000420. The second kappa shape index (κ2) is 11.4. The minimum atomic E-state index is -0.395. The van der Waals surface area contributed by atoms with Gasteiger partial charge < -0.3 is 10.2 Å². The molecule has 0 aliphatic heterocycles. The predicted octanol–water partition coefficient (Wildman–Crippen LogP) is 1.78. The molecule has 2 rings (SSSR count). The molecule has 0 aliphatic carbocycles. The van der Waals surface area contributed by atoms with Gasteiger partial charge in [0.25, 0.3) is 11.2 Å². The van der Waals surface area contributed by atoms with E-state index in [2.05, 4.69) is 17.1 Å². The summed E-state index contributed by atoms with van der Waals surface area (Å²) in [5.41, 5.74) is 0.497. The van der Waals surface area contributed by atoms with Crippen LogP contribution >= 0.6 is 12.4 Å².